The van der Waals surface area contributed by atoms with E-state index in [2.05, 4.69) is 28.7 Å². The number of ether oxygens (including phenoxy) is 1. The molecule has 0 aliphatic carbocycles. The number of anilines is 1. The molecule has 204 valence electrons. The van der Waals surface area contributed by atoms with Crippen molar-refractivity contribution in [1.82, 2.24) is 14.9 Å². The first-order valence-electron chi connectivity index (χ1n) is 13.4. The Morgan fingerprint density at radius 1 is 1.05 bits per heavy atom. The summed E-state index contributed by atoms with van der Waals surface area (Å²) in [5.74, 6) is -0.582. The summed E-state index contributed by atoms with van der Waals surface area (Å²) in [6, 6.07) is 11.2. The molecule has 1 saturated heterocycles. The minimum absolute atomic E-state index is 0.110. The number of pyridine rings is 1. The first kappa shape index (κ1) is 26.7. The van der Waals surface area contributed by atoms with Crippen molar-refractivity contribution in [1.29, 1.82) is 0 Å². The van der Waals surface area contributed by atoms with Crippen molar-refractivity contribution in [2.24, 2.45) is 0 Å². The van der Waals surface area contributed by atoms with Gasteiger partial charge in [0.1, 0.15) is 5.82 Å². The highest BCUT2D eigenvalue weighted by atomic mass is 19.1. The average Bonchev–Trinajstić information content (AvgIpc) is 3.24. The van der Waals surface area contributed by atoms with E-state index in [0.717, 1.165) is 33.3 Å². The van der Waals surface area contributed by atoms with E-state index in [0.29, 0.717) is 48.7 Å². The van der Waals surface area contributed by atoms with Crippen LogP contribution in [0.1, 0.15) is 52.6 Å². The summed E-state index contributed by atoms with van der Waals surface area (Å²) in [5, 5.41) is 3.81. The van der Waals surface area contributed by atoms with Gasteiger partial charge in [0.25, 0.3) is 11.5 Å². The predicted octanol–water partition coefficient (Wildman–Crippen LogP) is 5.41. The van der Waals surface area contributed by atoms with E-state index in [1.807, 2.05) is 56.1 Å². The van der Waals surface area contributed by atoms with Crippen LogP contribution < -0.4 is 15.8 Å². The van der Waals surface area contributed by atoms with Crippen LogP contribution in [0.25, 0.3) is 22.0 Å². The smallest absolute Gasteiger partial charge is 0.253 e. The maximum atomic E-state index is 15.3. The van der Waals surface area contributed by atoms with Gasteiger partial charge in [-0.2, -0.15) is 0 Å². The third kappa shape index (κ3) is 5.21. The maximum Gasteiger partial charge on any atom is 0.253 e. The van der Waals surface area contributed by atoms with Gasteiger partial charge in [-0.1, -0.05) is 6.07 Å². The van der Waals surface area contributed by atoms with E-state index < -0.39 is 0 Å². The average molecular weight is 531 g/mol. The van der Waals surface area contributed by atoms with Gasteiger partial charge in [-0.15, -0.1) is 0 Å². The molecule has 39 heavy (non-hydrogen) atoms. The Labute approximate surface area is 227 Å². The number of nitrogens with zero attached hydrogens (tertiary/aromatic N) is 2. The minimum atomic E-state index is -0.301. The van der Waals surface area contributed by atoms with Gasteiger partial charge in [-0.25, -0.2) is 4.39 Å². The summed E-state index contributed by atoms with van der Waals surface area (Å²) in [6.07, 6.45) is 2.05. The molecule has 0 bridgehead atoms. The molecule has 4 aromatic rings. The zero-order valence-electron chi connectivity index (χ0n) is 23.2. The summed E-state index contributed by atoms with van der Waals surface area (Å²) in [7, 11) is 0. The molecule has 0 saturated carbocycles. The Hall–Kier alpha value is -3.91. The Morgan fingerprint density at radius 3 is 2.46 bits per heavy atom. The molecule has 0 radical (unpaired) electrons. The van der Waals surface area contributed by atoms with Gasteiger partial charge >= 0.3 is 0 Å². The highest BCUT2D eigenvalue weighted by molar-refractivity contribution is 6.09. The zero-order chi connectivity index (χ0) is 27.8. The number of carbonyl (C=O) groups is 1. The molecular formula is C31H35FN4O3. The standard InChI is InChI=1S/C31H35FN4O3/c1-18(2)36-17-20(4)29-24(30(37)33-16-25-19(3)12-21(5)34-31(25)38)13-23(15-28(29)36)22-6-7-27(26(32)14-22)35-8-10-39-11-9-35/h6-7,12-15,17-18H,8-11,16H2,1-5H3,(H,33,37)(H,34,38). The van der Waals surface area contributed by atoms with Crippen molar-refractivity contribution < 1.29 is 13.9 Å². The molecule has 1 aliphatic rings. The van der Waals surface area contributed by atoms with Crippen molar-refractivity contribution in [2.45, 2.75) is 47.2 Å². The van der Waals surface area contributed by atoms with E-state index in [1.165, 1.54) is 0 Å². The summed E-state index contributed by atoms with van der Waals surface area (Å²) in [6.45, 7) is 12.4. The van der Waals surface area contributed by atoms with Gasteiger partial charge in [0, 0.05) is 59.6 Å². The third-order valence-electron chi connectivity index (χ3n) is 7.48. The van der Waals surface area contributed by atoms with Crippen LogP contribution in [-0.2, 0) is 11.3 Å². The van der Waals surface area contributed by atoms with Gasteiger partial charge in [0.2, 0.25) is 0 Å². The van der Waals surface area contributed by atoms with Crippen LogP contribution in [0.15, 0.2) is 47.4 Å². The number of aromatic nitrogens is 2. The SMILES string of the molecule is Cc1cc(C)c(CNC(=O)c2cc(-c3ccc(N4CCOCC4)c(F)c3)cc3c2c(C)cn3C(C)C)c(=O)[nH]1. The van der Waals surface area contributed by atoms with Crippen LogP contribution in [0.2, 0.25) is 0 Å². The zero-order valence-corrected chi connectivity index (χ0v) is 23.2. The van der Waals surface area contributed by atoms with Gasteiger partial charge in [-0.05, 0) is 87.2 Å². The lowest BCUT2D eigenvalue weighted by molar-refractivity contribution is 0.0952. The molecule has 0 atom stereocenters. The monoisotopic (exact) mass is 530 g/mol. The number of hydrogen-bond acceptors (Lipinski definition) is 4. The molecular weight excluding hydrogens is 495 g/mol. The topological polar surface area (TPSA) is 79.4 Å². The number of hydrogen-bond donors (Lipinski definition) is 2. The van der Waals surface area contributed by atoms with Crippen LogP contribution in [0.5, 0.6) is 0 Å². The largest absolute Gasteiger partial charge is 0.378 e. The second-order valence-corrected chi connectivity index (χ2v) is 10.6. The van der Waals surface area contributed by atoms with Gasteiger partial charge < -0.3 is 24.5 Å². The molecule has 7 nitrogen and oxygen atoms in total. The first-order valence-corrected chi connectivity index (χ1v) is 13.4. The van der Waals surface area contributed by atoms with E-state index in [-0.39, 0.29) is 29.9 Å². The second-order valence-electron chi connectivity index (χ2n) is 10.6. The van der Waals surface area contributed by atoms with Gasteiger partial charge in [0.05, 0.1) is 18.9 Å². The lowest BCUT2D eigenvalue weighted by atomic mass is 9.97. The molecule has 2 N–H and O–H groups in total. The summed E-state index contributed by atoms with van der Waals surface area (Å²) in [4.78, 5) is 30.9. The maximum absolute atomic E-state index is 15.3. The molecule has 1 fully saturated rings. The quantitative estimate of drug-likeness (QED) is 0.350. The molecule has 0 spiro atoms. The number of aromatic amines is 1. The Bertz CT molecular complexity index is 1610. The van der Waals surface area contributed by atoms with Crippen LogP contribution in [-0.4, -0.2) is 41.8 Å². The molecule has 2 aromatic heterocycles. The number of nitrogens with one attached hydrogen (secondary N) is 2. The fraction of sp³-hybridized carbons (Fsp3) is 0.355. The summed E-state index contributed by atoms with van der Waals surface area (Å²) >= 11 is 0. The fourth-order valence-corrected chi connectivity index (χ4v) is 5.47. The molecule has 0 unspecified atom stereocenters. The van der Waals surface area contributed by atoms with Crippen LogP contribution in [0.4, 0.5) is 10.1 Å². The number of carbonyl (C=O) groups excluding carboxylic acids is 1. The fourth-order valence-electron chi connectivity index (χ4n) is 5.47. The number of amides is 1. The van der Waals surface area contributed by atoms with Crippen LogP contribution >= 0.6 is 0 Å². The molecule has 8 heteroatoms. The number of fused-ring (bicyclic) bond motifs is 1. The van der Waals surface area contributed by atoms with E-state index >= 15 is 4.39 Å². The molecule has 2 aromatic carbocycles. The van der Waals surface area contributed by atoms with Crippen molar-refractivity contribution >= 4 is 22.5 Å². The molecule has 3 heterocycles. The lowest BCUT2D eigenvalue weighted by Crippen LogP contribution is -2.36. The van der Waals surface area contributed by atoms with Gasteiger partial charge in [-0.3, -0.25) is 9.59 Å². The van der Waals surface area contributed by atoms with Gasteiger partial charge in [0.15, 0.2) is 0 Å². The van der Waals surface area contributed by atoms with E-state index in [1.54, 1.807) is 12.1 Å². The molecule has 1 amide bonds. The van der Waals surface area contributed by atoms with Crippen molar-refractivity contribution in [3.8, 4) is 11.1 Å². The Morgan fingerprint density at radius 2 is 1.79 bits per heavy atom. The minimum Gasteiger partial charge on any atom is -0.378 e. The first-order chi connectivity index (χ1) is 18.6. The molecule has 1 aliphatic heterocycles. The Balaban J connectivity index is 1.56. The number of benzene rings is 2. The van der Waals surface area contributed by atoms with E-state index in [9.17, 15) is 9.59 Å². The Kier molecular flexibility index (Phi) is 7.32. The van der Waals surface area contributed by atoms with Crippen molar-refractivity contribution in [3.05, 3.63) is 86.7 Å². The lowest BCUT2D eigenvalue weighted by Gasteiger charge is -2.29. The predicted molar refractivity (Wildman–Crippen MR) is 153 cm³/mol. The van der Waals surface area contributed by atoms with Crippen molar-refractivity contribution in [2.75, 3.05) is 31.2 Å². The third-order valence-corrected chi connectivity index (χ3v) is 7.48. The summed E-state index contributed by atoms with van der Waals surface area (Å²) < 4.78 is 22.9. The van der Waals surface area contributed by atoms with Crippen LogP contribution in [0, 0.1) is 26.6 Å². The number of morpholine rings is 1. The summed E-state index contributed by atoms with van der Waals surface area (Å²) in [5.41, 5.74) is 6.32. The second kappa shape index (κ2) is 10.7. The van der Waals surface area contributed by atoms with Crippen molar-refractivity contribution in [3.63, 3.8) is 0 Å². The highest BCUT2D eigenvalue weighted by Gasteiger charge is 2.21. The van der Waals surface area contributed by atoms with Crippen LogP contribution in [0.3, 0.4) is 0 Å². The molecule has 5 rings (SSSR count). The number of H-pyrrole nitrogens is 1. The highest BCUT2D eigenvalue weighted by Crippen LogP contribution is 2.34. The number of aryl methyl sites for hydroxylation is 3. The van der Waals surface area contributed by atoms with E-state index in [4.69, 9.17) is 4.74 Å². The normalized spacial score (nSPS) is 13.9. The number of halogens is 1. The number of rotatable bonds is 6.